The first kappa shape index (κ1) is 16.0. The van der Waals surface area contributed by atoms with Gasteiger partial charge in [-0.1, -0.05) is 25.5 Å². The molecule has 0 aliphatic carbocycles. The summed E-state index contributed by atoms with van der Waals surface area (Å²) in [5, 5.41) is 11.3. The number of aromatic nitrogens is 1. The Morgan fingerprint density at radius 3 is 2.67 bits per heavy atom. The van der Waals surface area contributed by atoms with Crippen LogP contribution in [0.15, 0.2) is 24.3 Å². The zero-order valence-corrected chi connectivity index (χ0v) is 14.0. The van der Waals surface area contributed by atoms with E-state index in [0.717, 1.165) is 39.7 Å². The van der Waals surface area contributed by atoms with E-state index in [9.17, 15) is 5.11 Å². The van der Waals surface area contributed by atoms with Crippen LogP contribution in [0.2, 0.25) is 0 Å². The molecule has 114 valence electrons. The van der Waals surface area contributed by atoms with Crippen molar-refractivity contribution in [3.05, 3.63) is 34.8 Å². The smallest absolute Gasteiger partial charge is 0.124 e. The molecule has 3 nitrogen and oxygen atoms in total. The van der Waals surface area contributed by atoms with Crippen molar-refractivity contribution in [2.75, 3.05) is 6.61 Å². The Bertz CT molecular complexity index is 599. The fourth-order valence-corrected chi connectivity index (χ4v) is 3.35. The maximum atomic E-state index is 10.3. The van der Waals surface area contributed by atoms with Crippen LogP contribution in [0.4, 0.5) is 0 Å². The maximum Gasteiger partial charge on any atom is 0.124 e. The van der Waals surface area contributed by atoms with Crippen molar-refractivity contribution >= 4 is 11.3 Å². The minimum Gasteiger partial charge on any atom is -0.494 e. The molecule has 0 spiro atoms. The lowest BCUT2D eigenvalue weighted by molar-refractivity contribution is 0.0813. The van der Waals surface area contributed by atoms with Gasteiger partial charge in [-0.25, -0.2) is 4.98 Å². The summed E-state index contributed by atoms with van der Waals surface area (Å²) >= 11 is 1.57. The molecule has 4 heteroatoms. The van der Waals surface area contributed by atoms with Crippen LogP contribution in [0.5, 0.6) is 5.75 Å². The van der Waals surface area contributed by atoms with Crippen LogP contribution in [0.3, 0.4) is 0 Å². The third-order valence-corrected chi connectivity index (χ3v) is 4.59. The number of thiazole rings is 1. The van der Waals surface area contributed by atoms with Crippen molar-refractivity contribution in [1.82, 2.24) is 4.98 Å². The van der Waals surface area contributed by atoms with E-state index in [4.69, 9.17) is 9.72 Å². The number of nitrogens with zero attached hydrogens (tertiary/aromatic N) is 1. The molecule has 21 heavy (non-hydrogen) atoms. The van der Waals surface area contributed by atoms with E-state index in [-0.39, 0.29) is 0 Å². The molecule has 0 unspecified atom stereocenters. The molecule has 0 fully saturated rings. The second kappa shape index (κ2) is 6.58. The Balaban J connectivity index is 2.42. The minimum absolute atomic E-state index is 0.650. The van der Waals surface area contributed by atoms with Crippen molar-refractivity contribution in [3.63, 3.8) is 0 Å². The highest BCUT2D eigenvalue weighted by molar-refractivity contribution is 7.15. The van der Waals surface area contributed by atoms with Crippen molar-refractivity contribution in [3.8, 4) is 16.3 Å². The van der Waals surface area contributed by atoms with Gasteiger partial charge in [0.2, 0.25) is 0 Å². The lowest BCUT2D eigenvalue weighted by Crippen LogP contribution is -2.15. The zero-order valence-electron chi connectivity index (χ0n) is 13.1. The standard InChI is InChI=1S/C17H23NO2S/c1-5-8-14-15(17(3,4)19)21-16(18-14)12-9-7-10-13(11-12)20-6-2/h7,9-11,19H,5-6,8H2,1-4H3. The van der Waals surface area contributed by atoms with Crippen LogP contribution in [0.1, 0.15) is 44.7 Å². The second-order valence-electron chi connectivity index (χ2n) is 5.56. The molecule has 0 aliphatic rings. The van der Waals surface area contributed by atoms with E-state index >= 15 is 0 Å². The van der Waals surface area contributed by atoms with E-state index in [1.807, 2.05) is 45.0 Å². The van der Waals surface area contributed by atoms with Gasteiger partial charge in [0.25, 0.3) is 0 Å². The normalized spacial score (nSPS) is 11.7. The lowest BCUT2D eigenvalue weighted by atomic mass is 10.0. The molecule has 1 aromatic carbocycles. The summed E-state index contributed by atoms with van der Waals surface area (Å²) in [5.74, 6) is 0.854. The molecule has 0 radical (unpaired) electrons. The van der Waals surface area contributed by atoms with E-state index < -0.39 is 5.60 Å². The van der Waals surface area contributed by atoms with Gasteiger partial charge >= 0.3 is 0 Å². The fraction of sp³-hybridized carbons (Fsp3) is 0.471. The number of aliphatic hydroxyl groups is 1. The molecule has 1 N–H and O–H groups in total. The van der Waals surface area contributed by atoms with Crippen LogP contribution in [-0.4, -0.2) is 16.7 Å². The van der Waals surface area contributed by atoms with Crippen LogP contribution in [0.25, 0.3) is 10.6 Å². The molecule has 2 rings (SSSR count). The second-order valence-corrected chi connectivity index (χ2v) is 6.56. The third kappa shape index (κ3) is 3.83. The molecular weight excluding hydrogens is 282 g/mol. The quantitative estimate of drug-likeness (QED) is 0.860. The van der Waals surface area contributed by atoms with Gasteiger partial charge < -0.3 is 9.84 Å². The van der Waals surface area contributed by atoms with E-state index in [0.29, 0.717) is 6.61 Å². The van der Waals surface area contributed by atoms with Crippen molar-refractivity contribution in [2.45, 2.75) is 46.1 Å². The molecule has 0 bridgehead atoms. The summed E-state index contributed by atoms with van der Waals surface area (Å²) in [6, 6.07) is 7.97. The van der Waals surface area contributed by atoms with Crippen LogP contribution in [-0.2, 0) is 12.0 Å². The number of hydrogen-bond acceptors (Lipinski definition) is 4. The fourth-order valence-electron chi connectivity index (χ4n) is 2.25. The average Bonchev–Trinajstić information content (AvgIpc) is 2.84. The van der Waals surface area contributed by atoms with Gasteiger partial charge in [-0.2, -0.15) is 0 Å². The maximum absolute atomic E-state index is 10.3. The van der Waals surface area contributed by atoms with Crippen molar-refractivity contribution in [2.24, 2.45) is 0 Å². The third-order valence-electron chi connectivity index (χ3n) is 3.13. The van der Waals surface area contributed by atoms with E-state index in [2.05, 4.69) is 6.92 Å². The number of benzene rings is 1. The number of aryl methyl sites for hydroxylation is 1. The molecule has 1 heterocycles. The topological polar surface area (TPSA) is 42.4 Å². The molecule has 1 aromatic heterocycles. The monoisotopic (exact) mass is 305 g/mol. The van der Waals surface area contributed by atoms with Gasteiger partial charge in [-0.3, -0.25) is 0 Å². The average molecular weight is 305 g/mol. The van der Waals surface area contributed by atoms with Gasteiger partial charge in [0.05, 0.1) is 22.8 Å². The van der Waals surface area contributed by atoms with Gasteiger partial charge in [-0.15, -0.1) is 11.3 Å². The summed E-state index contributed by atoms with van der Waals surface area (Å²) in [7, 11) is 0. The van der Waals surface area contributed by atoms with Crippen LogP contribution >= 0.6 is 11.3 Å². The number of ether oxygens (including phenoxy) is 1. The first-order valence-electron chi connectivity index (χ1n) is 7.41. The predicted octanol–water partition coefficient (Wildman–Crippen LogP) is 4.39. The molecule has 2 aromatic rings. The van der Waals surface area contributed by atoms with E-state index in [1.165, 1.54) is 0 Å². The first-order chi connectivity index (χ1) is 9.95. The molecular formula is C17H23NO2S. The molecule has 0 saturated carbocycles. The summed E-state index contributed by atoms with van der Waals surface area (Å²) in [5.41, 5.74) is 1.20. The molecule has 0 aliphatic heterocycles. The first-order valence-corrected chi connectivity index (χ1v) is 8.23. The van der Waals surface area contributed by atoms with Crippen molar-refractivity contribution in [1.29, 1.82) is 0 Å². The Morgan fingerprint density at radius 2 is 2.05 bits per heavy atom. The van der Waals surface area contributed by atoms with Gasteiger partial charge in [-0.05, 0) is 39.3 Å². The number of hydrogen-bond donors (Lipinski definition) is 1. The van der Waals surface area contributed by atoms with Gasteiger partial charge in [0.1, 0.15) is 10.8 Å². The summed E-state index contributed by atoms with van der Waals surface area (Å²) in [6.07, 6.45) is 1.91. The number of rotatable bonds is 6. The zero-order chi connectivity index (χ0) is 15.5. The van der Waals surface area contributed by atoms with Gasteiger partial charge in [0.15, 0.2) is 0 Å². The Kier molecular flexibility index (Phi) is 5.01. The van der Waals surface area contributed by atoms with E-state index in [1.54, 1.807) is 11.3 Å². The summed E-state index contributed by atoms with van der Waals surface area (Å²) in [6.45, 7) is 8.39. The Hall–Kier alpha value is -1.39. The molecule has 0 amide bonds. The highest BCUT2D eigenvalue weighted by Gasteiger charge is 2.24. The predicted molar refractivity (Wildman–Crippen MR) is 88.0 cm³/mol. The minimum atomic E-state index is -0.849. The molecule has 0 saturated heterocycles. The highest BCUT2D eigenvalue weighted by Crippen LogP contribution is 2.36. The van der Waals surface area contributed by atoms with Gasteiger partial charge in [0, 0.05) is 5.56 Å². The Morgan fingerprint density at radius 1 is 1.29 bits per heavy atom. The summed E-state index contributed by atoms with van der Waals surface area (Å²) < 4.78 is 5.55. The van der Waals surface area contributed by atoms with Crippen molar-refractivity contribution < 1.29 is 9.84 Å². The highest BCUT2D eigenvalue weighted by atomic mass is 32.1. The Labute approximate surface area is 130 Å². The molecule has 0 atom stereocenters. The van der Waals surface area contributed by atoms with Crippen LogP contribution < -0.4 is 4.74 Å². The largest absolute Gasteiger partial charge is 0.494 e. The van der Waals surface area contributed by atoms with Crippen LogP contribution in [0, 0.1) is 0 Å². The lowest BCUT2D eigenvalue weighted by Gasteiger charge is -2.16. The summed E-state index contributed by atoms with van der Waals surface area (Å²) in [4.78, 5) is 5.70. The SMILES string of the molecule is CCCc1nc(-c2cccc(OCC)c2)sc1C(C)(C)O.